The molecule has 22 heavy (non-hydrogen) atoms. The number of rotatable bonds is 5. The van der Waals surface area contributed by atoms with Gasteiger partial charge in [0.2, 0.25) is 0 Å². The van der Waals surface area contributed by atoms with Crippen molar-refractivity contribution in [1.82, 2.24) is 0 Å². The van der Waals surface area contributed by atoms with E-state index in [9.17, 15) is 19.5 Å². The van der Waals surface area contributed by atoms with Gasteiger partial charge in [-0.05, 0) is 24.3 Å². The van der Waals surface area contributed by atoms with Crippen molar-refractivity contribution < 1.29 is 24.6 Å². The number of carbonyl (C=O) groups is 3. The molecule has 0 heterocycles. The number of anilines is 1. The maximum absolute atomic E-state index is 12.5. The van der Waals surface area contributed by atoms with Crippen LogP contribution in [0, 0.1) is 0 Å². The summed E-state index contributed by atoms with van der Waals surface area (Å²) in [7, 11) is 0. The second kappa shape index (κ2) is 6.53. The van der Waals surface area contributed by atoms with Crippen LogP contribution in [0.2, 0.25) is 0 Å². The number of carboxylic acids is 2. The molecule has 0 unspecified atom stereocenters. The van der Waals surface area contributed by atoms with Crippen LogP contribution < -0.4 is 4.90 Å². The minimum atomic E-state index is -1.23. The van der Waals surface area contributed by atoms with E-state index in [1.54, 1.807) is 36.4 Å². The lowest BCUT2D eigenvalue weighted by Crippen LogP contribution is -2.36. The Labute approximate surface area is 126 Å². The molecular weight excluding hydrogens is 286 g/mol. The average molecular weight is 299 g/mol. The molecule has 1 amide bonds. The van der Waals surface area contributed by atoms with Crippen molar-refractivity contribution in [2.24, 2.45) is 0 Å². The van der Waals surface area contributed by atoms with E-state index in [1.807, 2.05) is 0 Å². The summed E-state index contributed by atoms with van der Waals surface area (Å²) in [5.74, 6) is -3.03. The van der Waals surface area contributed by atoms with Crippen LogP contribution in [0.25, 0.3) is 0 Å². The summed E-state index contributed by atoms with van der Waals surface area (Å²) in [6.45, 7) is -0.627. The number of para-hydroxylation sites is 1. The molecule has 0 saturated heterocycles. The highest BCUT2D eigenvalue weighted by atomic mass is 16.4. The minimum absolute atomic E-state index is 0.0475. The summed E-state index contributed by atoms with van der Waals surface area (Å²) in [6, 6.07) is 13.9. The molecule has 0 aliphatic rings. The molecule has 0 spiro atoms. The topological polar surface area (TPSA) is 94.9 Å². The number of carbonyl (C=O) groups excluding carboxylic acids is 1. The number of aliphatic carboxylic acids is 1. The fraction of sp³-hybridized carbons (Fsp3) is 0.0625. The lowest BCUT2D eigenvalue weighted by molar-refractivity contribution is -0.135. The molecule has 0 atom stereocenters. The standard InChI is InChI=1S/C16H13NO5/c18-14(19)10-17(15(20)11-6-2-1-3-7-11)13-9-5-4-8-12(13)16(21)22/h1-9H,10H2,(H,18,19)(H,21,22). The Morgan fingerprint density at radius 1 is 0.864 bits per heavy atom. The first-order chi connectivity index (χ1) is 10.5. The number of aromatic carboxylic acids is 1. The van der Waals surface area contributed by atoms with Crippen molar-refractivity contribution >= 4 is 23.5 Å². The highest BCUT2D eigenvalue weighted by Crippen LogP contribution is 2.22. The van der Waals surface area contributed by atoms with Crippen molar-refractivity contribution in [2.75, 3.05) is 11.4 Å². The van der Waals surface area contributed by atoms with Gasteiger partial charge < -0.3 is 10.2 Å². The highest BCUT2D eigenvalue weighted by molar-refractivity contribution is 6.11. The highest BCUT2D eigenvalue weighted by Gasteiger charge is 2.24. The zero-order valence-corrected chi connectivity index (χ0v) is 11.5. The minimum Gasteiger partial charge on any atom is -0.480 e. The Morgan fingerprint density at radius 2 is 1.45 bits per heavy atom. The molecular formula is C16H13NO5. The number of hydrogen-bond donors (Lipinski definition) is 2. The molecule has 0 radical (unpaired) electrons. The molecule has 2 N–H and O–H groups in total. The molecule has 112 valence electrons. The predicted octanol–water partition coefficient (Wildman–Crippen LogP) is 2.12. The molecule has 2 rings (SSSR count). The molecule has 0 fully saturated rings. The van der Waals surface area contributed by atoms with Gasteiger partial charge in [0.1, 0.15) is 6.54 Å². The Bertz CT molecular complexity index is 711. The Hall–Kier alpha value is -3.15. The van der Waals surface area contributed by atoms with E-state index < -0.39 is 24.4 Å². The summed E-state index contributed by atoms with van der Waals surface area (Å²) >= 11 is 0. The Morgan fingerprint density at radius 3 is 2.05 bits per heavy atom. The van der Waals surface area contributed by atoms with E-state index in [-0.39, 0.29) is 16.8 Å². The number of nitrogens with zero attached hydrogens (tertiary/aromatic N) is 1. The number of amides is 1. The fourth-order valence-corrected chi connectivity index (χ4v) is 2.03. The lowest BCUT2D eigenvalue weighted by atomic mass is 10.1. The van der Waals surface area contributed by atoms with Crippen LogP contribution in [0.1, 0.15) is 20.7 Å². The van der Waals surface area contributed by atoms with Crippen molar-refractivity contribution in [3.63, 3.8) is 0 Å². The fourth-order valence-electron chi connectivity index (χ4n) is 2.03. The first-order valence-electron chi connectivity index (χ1n) is 6.41. The van der Waals surface area contributed by atoms with Crippen LogP contribution in [-0.4, -0.2) is 34.6 Å². The smallest absolute Gasteiger partial charge is 0.337 e. The third-order valence-corrected chi connectivity index (χ3v) is 2.98. The largest absolute Gasteiger partial charge is 0.480 e. The van der Waals surface area contributed by atoms with Crippen LogP contribution >= 0.6 is 0 Å². The van der Waals surface area contributed by atoms with Gasteiger partial charge in [0.05, 0.1) is 11.3 Å². The molecule has 6 nitrogen and oxygen atoms in total. The Kier molecular flexibility index (Phi) is 4.53. The van der Waals surface area contributed by atoms with E-state index in [2.05, 4.69) is 0 Å². The van der Waals surface area contributed by atoms with Gasteiger partial charge in [-0.15, -0.1) is 0 Å². The van der Waals surface area contributed by atoms with Crippen molar-refractivity contribution in [2.45, 2.75) is 0 Å². The van der Waals surface area contributed by atoms with Gasteiger partial charge in [0.15, 0.2) is 0 Å². The third kappa shape index (κ3) is 3.29. The summed E-state index contributed by atoms with van der Waals surface area (Å²) in [6.07, 6.45) is 0. The van der Waals surface area contributed by atoms with Gasteiger partial charge in [0, 0.05) is 5.56 Å². The van der Waals surface area contributed by atoms with Gasteiger partial charge in [0.25, 0.3) is 5.91 Å². The van der Waals surface area contributed by atoms with Crippen LogP contribution in [0.15, 0.2) is 54.6 Å². The molecule has 0 bridgehead atoms. The zero-order valence-electron chi connectivity index (χ0n) is 11.5. The molecule has 6 heteroatoms. The first-order valence-corrected chi connectivity index (χ1v) is 6.41. The first kappa shape index (κ1) is 15.2. The average Bonchev–Trinajstić information content (AvgIpc) is 2.52. The SMILES string of the molecule is O=C(O)CN(C(=O)c1ccccc1)c1ccccc1C(=O)O. The van der Waals surface area contributed by atoms with Gasteiger partial charge in [-0.25, -0.2) is 4.79 Å². The molecule has 0 aromatic heterocycles. The number of hydrogen-bond acceptors (Lipinski definition) is 3. The van der Waals surface area contributed by atoms with E-state index >= 15 is 0 Å². The van der Waals surface area contributed by atoms with Crippen molar-refractivity contribution in [3.8, 4) is 0 Å². The summed E-state index contributed by atoms with van der Waals surface area (Å²) < 4.78 is 0. The summed E-state index contributed by atoms with van der Waals surface area (Å²) in [5.41, 5.74) is 0.197. The Balaban J connectivity index is 2.50. The maximum atomic E-state index is 12.5. The van der Waals surface area contributed by atoms with Crippen LogP contribution in [0.4, 0.5) is 5.69 Å². The maximum Gasteiger partial charge on any atom is 0.337 e. The van der Waals surface area contributed by atoms with Gasteiger partial charge >= 0.3 is 11.9 Å². The summed E-state index contributed by atoms with van der Waals surface area (Å²) in [5, 5.41) is 18.2. The molecule has 0 aliphatic heterocycles. The second-order valence-corrected chi connectivity index (χ2v) is 4.47. The molecule has 0 aliphatic carbocycles. The number of benzene rings is 2. The molecule has 2 aromatic rings. The van der Waals surface area contributed by atoms with E-state index in [0.717, 1.165) is 4.90 Å². The van der Waals surface area contributed by atoms with Gasteiger partial charge in [-0.1, -0.05) is 30.3 Å². The number of carboxylic acid groups (broad SMARTS) is 2. The van der Waals surface area contributed by atoms with E-state index in [4.69, 9.17) is 5.11 Å². The third-order valence-electron chi connectivity index (χ3n) is 2.98. The van der Waals surface area contributed by atoms with Crippen molar-refractivity contribution in [3.05, 3.63) is 65.7 Å². The monoisotopic (exact) mass is 299 g/mol. The van der Waals surface area contributed by atoms with E-state index in [1.165, 1.54) is 18.2 Å². The quantitative estimate of drug-likeness (QED) is 0.881. The van der Waals surface area contributed by atoms with Crippen LogP contribution in [0.5, 0.6) is 0 Å². The second-order valence-electron chi connectivity index (χ2n) is 4.47. The lowest BCUT2D eigenvalue weighted by Gasteiger charge is -2.22. The van der Waals surface area contributed by atoms with Gasteiger partial charge in [-0.2, -0.15) is 0 Å². The normalized spacial score (nSPS) is 10.0. The molecule has 2 aromatic carbocycles. The van der Waals surface area contributed by atoms with Gasteiger partial charge in [-0.3, -0.25) is 14.5 Å². The van der Waals surface area contributed by atoms with Crippen LogP contribution in [0.3, 0.4) is 0 Å². The van der Waals surface area contributed by atoms with E-state index in [0.29, 0.717) is 0 Å². The zero-order chi connectivity index (χ0) is 16.1. The van der Waals surface area contributed by atoms with Crippen molar-refractivity contribution in [1.29, 1.82) is 0 Å². The van der Waals surface area contributed by atoms with Crippen LogP contribution in [-0.2, 0) is 4.79 Å². The summed E-state index contributed by atoms with van der Waals surface area (Å²) in [4.78, 5) is 35.8. The predicted molar refractivity (Wildman–Crippen MR) is 79.2 cm³/mol. The molecule has 0 saturated carbocycles.